The number of ether oxygens (including phenoxy) is 1. The summed E-state index contributed by atoms with van der Waals surface area (Å²) >= 11 is 4.24. The van der Waals surface area contributed by atoms with Crippen molar-refractivity contribution >= 4 is 56.5 Å². The lowest BCUT2D eigenvalue weighted by Crippen LogP contribution is -2.28. The highest BCUT2D eigenvalue weighted by Crippen LogP contribution is 2.33. The van der Waals surface area contributed by atoms with E-state index in [1.54, 1.807) is 36.4 Å². The van der Waals surface area contributed by atoms with Gasteiger partial charge >= 0.3 is 0 Å². The standard InChI is InChI=1S/C21H15BrN2O4S/c1-2-10-24-20(26)18(29-21(24)27)12-14-8-9-17(16(22)11-14)28-13-19(25)23-15-6-4-3-5-7-15/h1,3-9,11-12H,10,13H2,(H,23,25)/b18-12-. The lowest BCUT2D eigenvalue weighted by Gasteiger charge is -2.10. The summed E-state index contributed by atoms with van der Waals surface area (Å²) in [6, 6.07) is 14.2. The van der Waals surface area contributed by atoms with Gasteiger partial charge in [-0.15, -0.1) is 6.42 Å². The van der Waals surface area contributed by atoms with Crippen LogP contribution in [0.25, 0.3) is 6.08 Å². The molecule has 1 N–H and O–H groups in total. The van der Waals surface area contributed by atoms with Crippen LogP contribution in [-0.2, 0) is 9.59 Å². The number of carbonyl (C=O) groups excluding carboxylic acids is 3. The van der Waals surface area contributed by atoms with Crippen LogP contribution in [0.15, 0.2) is 57.9 Å². The van der Waals surface area contributed by atoms with Crippen LogP contribution < -0.4 is 10.1 Å². The highest BCUT2D eigenvalue weighted by atomic mass is 79.9. The molecule has 1 heterocycles. The predicted octanol–water partition coefficient (Wildman–Crippen LogP) is 4.14. The number of halogens is 1. The maximum Gasteiger partial charge on any atom is 0.294 e. The Labute approximate surface area is 180 Å². The Bertz CT molecular complexity index is 1030. The van der Waals surface area contributed by atoms with Crippen molar-refractivity contribution in [3.05, 3.63) is 63.5 Å². The molecule has 2 aromatic carbocycles. The molecular weight excluding hydrogens is 456 g/mol. The molecule has 0 aromatic heterocycles. The van der Waals surface area contributed by atoms with Crippen LogP contribution in [0.2, 0.25) is 0 Å². The van der Waals surface area contributed by atoms with Crippen molar-refractivity contribution in [1.29, 1.82) is 0 Å². The van der Waals surface area contributed by atoms with Crippen molar-refractivity contribution in [2.45, 2.75) is 0 Å². The van der Waals surface area contributed by atoms with Gasteiger partial charge in [-0.25, -0.2) is 0 Å². The Morgan fingerprint density at radius 3 is 2.69 bits per heavy atom. The molecule has 0 spiro atoms. The number of carbonyl (C=O) groups is 3. The third kappa shape index (κ3) is 5.28. The third-order valence-corrected chi connectivity index (χ3v) is 5.32. The van der Waals surface area contributed by atoms with Gasteiger partial charge in [0, 0.05) is 5.69 Å². The number of hydrogen-bond acceptors (Lipinski definition) is 5. The number of benzene rings is 2. The normalized spacial score (nSPS) is 14.8. The number of amides is 3. The molecule has 8 heteroatoms. The van der Waals surface area contributed by atoms with E-state index >= 15 is 0 Å². The number of terminal acetylenes is 1. The second-order valence-electron chi connectivity index (χ2n) is 5.86. The van der Waals surface area contributed by atoms with Gasteiger partial charge in [-0.3, -0.25) is 19.3 Å². The van der Waals surface area contributed by atoms with Crippen molar-refractivity contribution < 1.29 is 19.1 Å². The molecule has 1 aliphatic heterocycles. The number of nitrogens with one attached hydrogen (secondary N) is 1. The second-order valence-corrected chi connectivity index (χ2v) is 7.71. The SMILES string of the molecule is C#CCN1C(=O)S/C(=C\c2ccc(OCC(=O)Nc3ccccc3)c(Br)c2)C1=O. The zero-order valence-corrected chi connectivity index (χ0v) is 17.5. The molecule has 0 saturated carbocycles. The molecule has 146 valence electrons. The topological polar surface area (TPSA) is 75.7 Å². The van der Waals surface area contributed by atoms with Gasteiger partial charge in [0.25, 0.3) is 17.1 Å². The van der Waals surface area contributed by atoms with E-state index in [0.717, 1.165) is 16.7 Å². The number of anilines is 1. The Morgan fingerprint density at radius 2 is 2.00 bits per heavy atom. The van der Waals surface area contributed by atoms with E-state index in [2.05, 4.69) is 27.2 Å². The second kappa shape index (κ2) is 9.45. The largest absolute Gasteiger partial charge is 0.483 e. The van der Waals surface area contributed by atoms with Crippen molar-refractivity contribution in [3.8, 4) is 18.1 Å². The molecule has 2 aromatic rings. The maximum atomic E-state index is 12.2. The van der Waals surface area contributed by atoms with Crippen LogP contribution in [0.1, 0.15) is 5.56 Å². The Hall–Kier alpha value is -3.02. The lowest BCUT2D eigenvalue weighted by molar-refractivity contribution is -0.122. The smallest absolute Gasteiger partial charge is 0.294 e. The highest BCUT2D eigenvalue weighted by molar-refractivity contribution is 9.10. The van der Waals surface area contributed by atoms with Crippen LogP contribution >= 0.6 is 27.7 Å². The minimum absolute atomic E-state index is 0.0521. The molecule has 3 rings (SSSR count). The van der Waals surface area contributed by atoms with Gasteiger partial charge < -0.3 is 10.1 Å². The van der Waals surface area contributed by atoms with E-state index in [9.17, 15) is 14.4 Å². The summed E-state index contributed by atoms with van der Waals surface area (Å²) in [7, 11) is 0. The fourth-order valence-electron chi connectivity index (χ4n) is 2.46. The van der Waals surface area contributed by atoms with Crippen LogP contribution in [0.5, 0.6) is 5.75 Å². The number of rotatable bonds is 6. The van der Waals surface area contributed by atoms with Gasteiger partial charge in [0.15, 0.2) is 6.61 Å². The minimum Gasteiger partial charge on any atom is -0.483 e. The van der Waals surface area contributed by atoms with E-state index in [1.165, 1.54) is 0 Å². The fraction of sp³-hybridized carbons (Fsp3) is 0.0952. The van der Waals surface area contributed by atoms with E-state index in [4.69, 9.17) is 11.2 Å². The van der Waals surface area contributed by atoms with E-state index in [0.29, 0.717) is 26.4 Å². The van der Waals surface area contributed by atoms with Crippen molar-refractivity contribution in [2.75, 3.05) is 18.5 Å². The van der Waals surface area contributed by atoms with E-state index in [-0.39, 0.29) is 24.3 Å². The number of para-hydroxylation sites is 1. The average molecular weight is 471 g/mol. The summed E-state index contributed by atoms with van der Waals surface area (Å²) in [5, 5.41) is 2.35. The molecule has 1 aliphatic rings. The molecule has 1 fully saturated rings. The van der Waals surface area contributed by atoms with Gasteiger partial charge in [-0.2, -0.15) is 0 Å². The molecule has 0 aliphatic carbocycles. The summed E-state index contributed by atoms with van der Waals surface area (Å²) in [5.74, 6) is 2.08. The number of hydrogen-bond donors (Lipinski definition) is 1. The van der Waals surface area contributed by atoms with Gasteiger partial charge in [0.05, 0.1) is 15.9 Å². The van der Waals surface area contributed by atoms with Crippen LogP contribution in [0, 0.1) is 12.3 Å². The lowest BCUT2D eigenvalue weighted by atomic mass is 10.2. The van der Waals surface area contributed by atoms with Crippen LogP contribution in [0.4, 0.5) is 10.5 Å². The van der Waals surface area contributed by atoms with Gasteiger partial charge in [0.2, 0.25) is 0 Å². The maximum absolute atomic E-state index is 12.2. The monoisotopic (exact) mass is 470 g/mol. The zero-order valence-electron chi connectivity index (χ0n) is 15.1. The first-order chi connectivity index (χ1) is 14.0. The van der Waals surface area contributed by atoms with Gasteiger partial charge in [0.1, 0.15) is 5.75 Å². The van der Waals surface area contributed by atoms with E-state index in [1.807, 2.05) is 18.2 Å². The predicted molar refractivity (Wildman–Crippen MR) is 116 cm³/mol. The summed E-state index contributed by atoms with van der Waals surface area (Å²) in [4.78, 5) is 37.4. The zero-order chi connectivity index (χ0) is 20.8. The van der Waals surface area contributed by atoms with Gasteiger partial charge in [-0.1, -0.05) is 30.2 Å². The van der Waals surface area contributed by atoms with Crippen LogP contribution in [0.3, 0.4) is 0 Å². The molecule has 0 unspecified atom stereocenters. The minimum atomic E-state index is -0.410. The number of thioether (sulfide) groups is 1. The molecule has 1 saturated heterocycles. The third-order valence-electron chi connectivity index (χ3n) is 3.79. The first kappa shape index (κ1) is 20.7. The molecule has 0 radical (unpaired) electrons. The summed E-state index contributed by atoms with van der Waals surface area (Å²) in [6.07, 6.45) is 6.80. The molecule has 6 nitrogen and oxygen atoms in total. The summed E-state index contributed by atoms with van der Waals surface area (Å²) in [6.45, 7) is -0.207. The molecule has 0 bridgehead atoms. The Kier molecular flexibility index (Phi) is 6.75. The fourth-order valence-corrected chi connectivity index (χ4v) is 3.81. The molecule has 0 atom stereocenters. The number of imide groups is 1. The van der Waals surface area contributed by atoms with Gasteiger partial charge in [-0.05, 0) is 63.6 Å². The van der Waals surface area contributed by atoms with Crippen molar-refractivity contribution in [3.63, 3.8) is 0 Å². The summed E-state index contributed by atoms with van der Waals surface area (Å²) in [5.41, 5.74) is 1.39. The van der Waals surface area contributed by atoms with Crippen molar-refractivity contribution in [2.24, 2.45) is 0 Å². The molecular formula is C21H15BrN2O4S. The first-order valence-corrected chi connectivity index (χ1v) is 10.0. The quantitative estimate of drug-likeness (QED) is 0.507. The summed E-state index contributed by atoms with van der Waals surface area (Å²) < 4.78 is 6.16. The Morgan fingerprint density at radius 1 is 1.24 bits per heavy atom. The molecule has 3 amide bonds. The highest BCUT2D eigenvalue weighted by Gasteiger charge is 2.34. The number of nitrogens with zero attached hydrogens (tertiary/aromatic N) is 1. The first-order valence-electron chi connectivity index (χ1n) is 8.44. The average Bonchev–Trinajstić information content (AvgIpc) is 2.96. The van der Waals surface area contributed by atoms with E-state index < -0.39 is 5.91 Å². The van der Waals surface area contributed by atoms with Crippen molar-refractivity contribution in [1.82, 2.24) is 4.90 Å². The molecule has 29 heavy (non-hydrogen) atoms. The Balaban J connectivity index is 1.63. The van der Waals surface area contributed by atoms with Crippen LogP contribution in [-0.4, -0.2) is 35.1 Å².